The van der Waals surface area contributed by atoms with Gasteiger partial charge in [-0.2, -0.15) is 0 Å². The van der Waals surface area contributed by atoms with Gasteiger partial charge in [0.15, 0.2) is 11.5 Å². The topological polar surface area (TPSA) is 72.6 Å². The van der Waals surface area contributed by atoms with E-state index in [1.165, 1.54) is 0 Å². The number of carboxylic acid groups (broad SMARTS) is 1. The number of para-hydroxylation sites is 2. The summed E-state index contributed by atoms with van der Waals surface area (Å²) in [5.74, 6) is -0.363. The van der Waals surface area contributed by atoms with Crippen LogP contribution in [0.1, 0.15) is 5.56 Å². The molecule has 0 unspecified atom stereocenters. The van der Waals surface area contributed by atoms with Crippen LogP contribution in [0.25, 0.3) is 0 Å². The molecule has 0 atom stereocenters. The summed E-state index contributed by atoms with van der Waals surface area (Å²) in [5, 5.41) is 9.52. The van der Waals surface area contributed by atoms with Crippen LogP contribution in [0.4, 0.5) is 5.69 Å². The molecule has 3 N–H and O–H groups in total. The van der Waals surface area contributed by atoms with Gasteiger partial charge >= 0.3 is 5.97 Å². The van der Waals surface area contributed by atoms with Crippen molar-refractivity contribution in [3.63, 3.8) is 0 Å². The average Bonchev–Trinajstić information content (AvgIpc) is 2.37. The van der Waals surface area contributed by atoms with Gasteiger partial charge in [-0.15, -0.1) is 0 Å². The summed E-state index contributed by atoms with van der Waals surface area (Å²) in [6.45, 7) is 0. The second-order valence-corrected chi connectivity index (χ2v) is 4.87. The molecule has 0 saturated carbocycles. The Hall–Kier alpha value is -1.91. The van der Waals surface area contributed by atoms with Gasteiger partial charge in [0, 0.05) is 0 Å². The summed E-state index contributed by atoms with van der Waals surface area (Å²) in [6, 6.07) is 9.89. The first-order valence-electron chi connectivity index (χ1n) is 5.70. The highest BCUT2D eigenvalue weighted by Crippen LogP contribution is 2.38. The van der Waals surface area contributed by atoms with Crippen LogP contribution < -0.4 is 10.5 Å². The lowest BCUT2D eigenvalue weighted by Gasteiger charge is -2.13. The van der Waals surface area contributed by atoms with Gasteiger partial charge in [0.2, 0.25) is 0 Å². The smallest absolute Gasteiger partial charge is 0.307 e. The van der Waals surface area contributed by atoms with E-state index in [-0.39, 0.29) is 17.9 Å². The molecule has 2 aromatic carbocycles. The Balaban J connectivity index is 2.37. The fourth-order valence-corrected chi connectivity index (χ4v) is 2.16. The maximum Gasteiger partial charge on any atom is 0.307 e. The van der Waals surface area contributed by atoms with E-state index in [1.54, 1.807) is 36.4 Å². The van der Waals surface area contributed by atoms with Crippen LogP contribution in [0.15, 0.2) is 36.4 Å². The normalized spacial score (nSPS) is 10.3. The maximum absolute atomic E-state index is 10.8. The van der Waals surface area contributed by atoms with E-state index in [0.29, 0.717) is 21.4 Å². The van der Waals surface area contributed by atoms with E-state index in [4.69, 9.17) is 38.8 Å². The zero-order valence-electron chi connectivity index (χ0n) is 10.3. The average molecular weight is 312 g/mol. The molecule has 0 aromatic heterocycles. The second kappa shape index (κ2) is 6.03. The van der Waals surface area contributed by atoms with Crippen molar-refractivity contribution in [2.75, 3.05) is 5.73 Å². The summed E-state index contributed by atoms with van der Waals surface area (Å²) in [7, 11) is 0. The Kier molecular flexibility index (Phi) is 4.37. The van der Waals surface area contributed by atoms with Crippen molar-refractivity contribution < 1.29 is 14.6 Å². The Bertz CT molecular complexity index is 639. The highest BCUT2D eigenvalue weighted by Gasteiger charge is 2.13. The lowest BCUT2D eigenvalue weighted by atomic mass is 10.1. The molecule has 0 fully saturated rings. The SMILES string of the molecule is Nc1c(CC(=O)O)cccc1Oc1c(Cl)cccc1Cl. The molecular formula is C14H11Cl2NO3. The third kappa shape index (κ3) is 3.15. The van der Waals surface area contributed by atoms with Gasteiger partial charge in [0.05, 0.1) is 22.2 Å². The van der Waals surface area contributed by atoms with Crippen LogP contribution in [-0.4, -0.2) is 11.1 Å². The minimum Gasteiger partial charge on any atom is -0.481 e. The maximum atomic E-state index is 10.8. The molecule has 104 valence electrons. The van der Waals surface area contributed by atoms with Gasteiger partial charge < -0.3 is 15.6 Å². The summed E-state index contributed by atoms with van der Waals surface area (Å²) >= 11 is 12.0. The van der Waals surface area contributed by atoms with E-state index in [0.717, 1.165) is 0 Å². The zero-order valence-corrected chi connectivity index (χ0v) is 11.8. The Morgan fingerprint density at radius 2 is 1.75 bits per heavy atom. The Morgan fingerprint density at radius 3 is 2.35 bits per heavy atom. The van der Waals surface area contributed by atoms with Crippen molar-refractivity contribution in [2.45, 2.75) is 6.42 Å². The monoisotopic (exact) mass is 311 g/mol. The number of ether oxygens (including phenoxy) is 1. The number of halogens is 2. The number of nitrogens with two attached hydrogens (primary N) is 1. The number of nitrogen functional groups attached to an aromatic ring is 1. The molecule has 0 spiro atoms. The highest BCUT2D eigenvalue weighted by atomic mass is 35.5. The van der Waals surface area contributed by atoms with Crippen molar-refractivity contribution in [2.24, 2.45) is 0 Å². The first-order chi connectivity index (χ1) is 9.49. The van der Waals surface area contributed by atoms with Crippen LogP contribution in [0.2, 0.25) is 10.0 Å². The lowest BCUT2D eigenvalue weighted by Crippen LogP contribution is -2.04. The predicted octanol–water partition coefficient (Wildman–Crippen LogP) is 4.00. The molecule has 6 heteroatoms. The number of carbonyl (C=O) groups is 1. The largest absolute Gasteiger partial charge is 0.481 e. The third-order valence-corrected chi connectivity index (χ3v) is 3.22. The van der Waals surface area contributed by atoms with Crippen LogP contribution in [0, 0.1) is 0 Å². The third-order valence-electron chi connectivity index (χ3n) is 2.63. The van der Waals surface area contributed by atoms with Gasteiger partial charge in [-0.05, 0) is 23.8 Å². The zero-order chi connectivity index (χ0) is 14.7. The highest BCUT2D eigenvalue weighted by molar-refractivity contribution is 6.37. The van der Waals surface area contributed by atoms with E-state index in [9.17, 15) is 4.79 Å². The van der Waals surface area contributed by atoms with Crippen molar-refractivity contribution in [1.82, 2.24) is 0 Å². The second-order valence-electron chi connectivity index (χ2n) is 4.05. The van der Waals surface area contributed by atoms with Gasteiger partial charge in [0.1, 0.15) is 0 Å². The molecule has 0 heterocycles. The number of hydrogen-bond acceptors (Lipinski definition) is 3. The lowest BCUT2D eigenvalue weighted by molar-refractivity contribution is -0.136. The standard InChI is InChI=1S/C14H11Cl2NO3/c15-9-4-2-5-10(16)14(9)20-11-6-1-3-8(13(11)17)7-12(18)19/h1-6H,7,17H2,(H,18,19). The summed E-state index contributed by atoms with van der Waals surface area (Å²) in [6.07, 6.45) is -0.181. The van der Waals surface area contributed by atoms with Gasteiger partial charge in [-0.3, -0.25) is 4.79 Å². The van der Waals surface area contributed by atoms with Crippen molar-refractivity contribution in [1.29, 1.82) is 0 Å². The number of rotatable bonds is 4. The molecule has 0 amide bonds. The van der Waals surface area contributed by atoms with Crippen molar-refractivity contribution >= 4 is 34.9 Å². The van der Waals surface area contributed by atoms with Crippen LogP contribution in [-0.2, 0) is 11.2 Å². The Morgan fingerprint density at radius 1 is 1.15 bits per heavy atom. The summed E-state index contributed by atoms with van der Waals surface area (Å²) in [5.41, 5.74) is 6.63. The molecule has 0 aliphatic rings. The first-order valence-corrected chi connectivity index (χ1v) is 6.45. The van der Waals surface area contributed by atoms with E-state index in [2.05, 4.69) is 0 Å². The first kappa shape index (κ1) is 14.5. The predicted molar refractivity (Wildman–Crippen MR) is 78.7 cm³/mol. The quantitative estimate of drug-likeness (QED) is 0.837. The van der Waals surface area contributed by atoms with Gasteiger partial charge in [-0.25, -0.2) is 0 Å². The fraction of sp³-hybridized carbons (Fsp3) is 0.0714. The van der Waals surface area contributed by atoms with Crippen molar-refractivity contribution in [3.8, 4) is 11.5 Å². The molecule has 0 bridgehead atoms. The molecule has 2 rings (SSSR count). The molecule has 0 radical (unpaired) electrons. The number of anilines is 1. The molecular weight excluding hydrogens is 301 g/mol. The van der Waals surface area contributed by atoms with Crippen molar-refractivity contribution in [3.05, 3.63) is 52.0 Å². The molecule has 0 saturated heterocycles. The fourth-order valence-electron chi connectivity index (χ4n) is 1.69. The van der Waals surface area contributed by atoms with Gasteiger partial charge in [0.25, 0.3) is 0 Å². The summed E-state index contributed by atoms with van der Waals surface area (Å²) in [4.78, 5) is 10.8. The number of aliphatic carboxylic acids is 1. The van der Waals surface area contributed by atoms with Gasteiger partial charge in [-0.1, -0.05) is 41.4 Å². The molecule has 20 heavy (non-hydrogen) atoms. The number of hydrogen-bond donors (Lipinski definition) is 2. The number of carboxylic acids is 1. The molecule has 0 aliphatic carbocycles. The van der Waals surface area contributed by atoms with E-state index >= 15 is 0 Å². The van der Waals surface area contributed by atoms with Crippen LogP contribution in [0.3, 0.4) is 0 Å². The minimum atomic E-state index is -0.968. The minimum absolute atomic E-state index is 0.181. The van der Waals surface area contributed by atoms with Crippen LogP contribution >= 0.6 is 23.2 Å². The number of benzene rings is 2. The molecule has 2 aromatic rings. The summed E-state index contributed by atoms with van der Waals surface area (Å²) < 4.78 is 5.61. The molecule has 0 aliphatic heterocycles. The Labute approximate surface area is 125 Å². The van der Waals surface area contributed by atoms with E-state index in [1.807, 2.05) is 0 Å². The van der Waals surface area contributed by atoms with E-state index < -0.39 is 5.97 Å². The van der Waals surface area contributed by atoms with Crippen LogP contribution in [0.5, 0.6) is 11.5 Å². The molecule has 4 nitrogen and oxygen atoms in total.